The zero-order valence-corrected chi connectivity index (χ0v) is 13.3. The molecular weight excluding hydrogens is 242 g/mol. The maximum absolute atomic E-state index is 3.70. The van der Waals surface area contributed by atoms with Crippen molar-refractivity contribution in [2.75, 3.05) is 6.54 Å². The smallest absolute Gasteiger partial charge is 0.0322 e. The Morgan fingerprint density at radius 3 is 2.20 bits per heavy atom. The quantitative estimate of drug-likeness (QED) is 0.697. The van der Waals surface area contributed by atoms with Crippen LogP contribution < -0.4 is 5.32 Å². The van der Waals surface area contributed by atoms with Crippen LogP contribution in [0.25, 0.3) is 0 Å². The van der Waals surface area contributed by atoms with Gasteiger partial charge in [0.15, 0.2) is 0 Å². The van der Waals surface area contributed by atoms with Gasteiger partial charge in [0, 0.05) is 6.04 Å². The summed E-state index contributed by atoms with van der Waals surface area (Å²) in [6.07, 6.45) is 11.1. The summed E-state index contributed by atoms with van der Waals surface area (Å²) < 4.78 is 0. The summed E-state index contributed by atoms with van der Waals surface area (Å²) in [6, 6.07) is 9.82. The standard InChI is InChI=1S/C19H31N/c1-3-16-11-13-18(14-12-16)19(20-4-2)15-17-9-7-5-6-8-10-17/h11-14,17,19-20H,3-10,15H2,1-2H3. The molecule has 1 aromatic rings. The lowest BCUT2D eigenvalue weighted by molar-refractivity contribution is 0.359. The van der Waals surface area contributed by atoms with Crippen LogP contribution in [-0.4, -0.2) is 6.54 Å². The summed E-state index contributed by atoms with van der Waals surface area (Å²) in [7, 11) is 0. The molecule has 1 nitrogen and oxygen atoms in total. The number of hydrogen-bond donors (Lipinski definition) is 1. The van der Waals surface area contributed by atoms with E-state index in [1.54, 1.807) is 0 Å². The summed E-state index contributed by atoms with van der Waals surface area (Å²) in [5.41, 5.74) is 2.92. The Bertz CT molecular complexity index is 360. The Morgan fingerprint density at radius 1 is 1.00 bits per heavy atom. The first kappa shape index (κ1) is 15.6. The van der Waals surface area contributed by atoms with Crippen LogP contribution in [-0.2, 0) is 6.42 Å². The highest BCUT2D eigenvalue weighted by molar-refractivity contribution is 5.25. The van der Waals surface area contributed by atoms with Crippen LogP contribution in [0.4, 0.5) is 0 Å². The number of rotatable bonds is 6. The van der Waals surface area contributed by atoms with E-state index in [9.17, 15) is 0 Å². The Hall–Kier alpha value is -0.820. The minimum atomic E-state index is 0.550. The van der Waals surface area contributed by atoms with Crippen molar-refractivity contribution in [3.63, 3.8) is 0 Å². The van der Waals surface area contributed by atoms with Crippen molar-refractivity contribution in [3.8, 4) is 0 Å². The lowest BCUT2D eigenvalue weighted by atomic mass is 9.89. The van der Waals surface area contributed by atoms with Crippen molar-refractivity contribution < 1.29 is 0 Å². The van der Waals surface area contributed by atoms with Crippen LogP contribution in [0.15, 0.2) is 24.3 Å². The van der Waals surface area contributed by atoms with E-state index in [0.717, 1.165) is 18.9 Å². The molecule has 0 radical (unpaired) electrons. The number of aryl methyl sites for hydroxylation is 1. The van der Waals surface area contributed by atoms with Crippen molar-refractivity contribution in [1.82, 2.24) is 5.32 Å². The molecule has 0 heterocycles. The van der Waals surface area contributed by atoms with Crippen LogP contribution >= 0.6 is 0 Å². The van der Waals surface area contributed by atoms with E-state index >= 15 is 0 Å². The summed E-state index contributed by atoms with van der Waals surface area (Å²) in [4.78, 5) is 0. The highest BCUT2D eigenvalue weighted by Crippen LogP contribution is 2.31. The minimum absolute atomic E-state index is 0.550. The normalized spacial score (nSPS) is 18.7. The molecule has 0 amide bonds. The summed E-state index contributed by atoms with van der Waals surface area (Å²) in [6.45, 7) is 5.51. The molecule has 0 aliphatic heterocycles. The largest absolute Gasteiger partial charge is 0.310 e. The first-order chi connectivity index (χ1) is 9.83. The van der Waals surface area contributed by atoms with Gasteiger partial charge >= 0.3 is 0 Å². The maximum Gasteiger partial charge on any atom is 0.0322 e. The zero-order valence-electron chi connectivity index (χ0n) is 13.3. The maximum atomic E-state index is 3.70. The Labute approximate surface area is 125 Å². The molecule has 1 aromatic carbocycles. The van der Waals surface area contributed by atoms with Crippen molar-refractivity contribution in [2.45, 2.75) is 71.3 Å². The van der Waals surface area contributed by atoms with Crippen LogP contribution in [0.2, 0.25) is 0 Å². The fourth-order valence-electron chi connectivity index (χ4n) is 3.50. The van der Waals surface area contributed by atoms with E-state index < -0.39 is 0 Å². The molecule has 1 fully saturated rings. The second-order valence-corrected chi connectivity index (χ2v) is 6.30. The average molecular weight is 273 g/mol. The molecule has 1 saturated carbocycles. The third-order valence-corrected chi connectivity index (χ3v) is 4.78. The molecule has 1 atom stereocenters. The molecule has 1 unspecified atom stereocenters. The van der Waals surface area contributed by atoms with E-state index in [2.05, 4.69) is 43.4 Å². The van der Waals surface area contributed by atoms with Gasteiger partial charge in [0.25, 0.3) is 0 Å². The molecule has 1 aliphatic carbocycles. The van der Waals surface area contributed by atoms with Crippen LogP contribution in [0, 0.1) is 5.92 Å². The van der Waals surface area contributed by atoms with Crippen LogP contribution in [0.5, 0.6) is 0 Å². The number of hydrogen-bond acceptors (Lipinski definition) is 1. The molecule has 1 heteroatoms. The van der Waals surface area contributed by atoms with Gasteiger partial charge < -0.3 is 5.32 Å². The molecule has 1 N–H and O–H groups in total. The fourth-order valence-corrected chi connectivity index (χ4v) is 3.50. The van der Waals surface area contributed by atoms with Gasteiger partial charge in [0.2, 0.25) is 0 Å². The number of nitrogens with one attached hydrogen (secondary N) is 1. The Balaban J connectivity index is 2.00. The van der Waals surface area contributed by atoms with Crippen LogP contribution in [0.3, 0.4) is 0 Å². The van der Waals surface area contributed by atoms with Gasteiger partial charge in [-0.25, -0.2) is 0 Å². The molecule has 20 heavy (non-hydrogen) atoms. The zero-order chi connectivity index (χ0) is 14.2. The van der Waals surface area contributed by atoms with Gasteiger partial charge in [-0.1, -0.05) is 76.6 Å². The first-order valence-electron chi connectivity index (χ1n) is 8.65. The molecule has 0 aromatic heterocycles. The van der Waals surface area contributed by atoms with Gasteiger partial charge in [-0.15, -0.1) is 0 Å². The highest BCUT2D eigenvalue weighted by atomic mass is 14.9. The average Bonchev–Trinajstić information content (AvgIpc) is 2.76. The van der Waals surface area contributed by atoms with Crippen molar-refractivity contribution in [2.24, 2.45) is 5.92 Å². The SMILES string of the molecule is CCNC(CC1CCCCCC1)c1ccc(CC)cc1. The van der Waals surface area contributed by atoms with Gasteiger partial charge in [-0.05, 0) is 36.4 Å². The van der Waals surface area contributed by atoms with Crippen molar-refractivity contribution in [1.29, 1.82) is 0 Å². The molecule has 112 valence electrons. The third-order valence-electron chi connectivity index (χ3n) is 4.78. The molecule has 0 bridgehead atoms. The third kappa shape index (κ3) is 4.63. The van der Waals surface area contributed by atoms with E-state index in [1.165, 1.54) is 56.1 Å². The predicted molar refractivity (Wildman–Crippen MR) is 88.0 cm³/mol. The minimum Gasteiger partial charge on any atom is -0.310 e. The summed E-state index contributed by atoms with van der Waals surface area (Å²) in [5.74, 6) is 0.924. The first-order valence-corrected chi connectivity index (χ1v) is 8.65. The van der Waals surface area contributed by atoms with Crippen molar-refractivity contribution in [3.05, 3.63) is 35.4 Å². The van der Waals surface area contributed by atoms with Gasteiger partial charge in [-0.3, -0.25) is 0 Å². The lowest BCUT2D eigenvalue weighted by Gasteiger charge is -2.24. The summed E-state index contributed by atoms with van der Waals surface area (Å²) in [5, 5.41) is 3.70. The van der Waals surface area contributed by atoms with Gasteiger partial charge in [0.05, 0.1) is 0 Å². The molecule has 2 rings (SSSR count). The van der Waals surface area contributed by atoms with E-state index in [0.29, 0.717) is 6.04 Å². The predicted octanol–water partition coefficient (Wildman–Crippen LogP) is 5.26. The summed E-state index contributed by atoms with van der Waals surface area (Å²) >= 11 is 0. The van der Waals surface area contributed by atoms with Crippen molar-refractivity contribution >= 4 is 0 Å². The molecule has 1 aliphatic rings. The topological polar surface area (TPSA) is 12.0 Å². The lowest BCUT2D eigenvalue weighted by Crippen LogP contribution is -2.23. The second-order valence-electron chi connectivity index (χ2n) is 6.30. The molecule has 0 saturated heterocycles. The van der Waals surface area contributed by atoms with E-state index in [-0.39, 0.29) is 0 Å². The second kappa shape index (κ2) is 8.46. The molecule has 0 spiro atoms. The monoisotopic (exact) mass is 273 g/mol. The van der Waals surface area contributed by atoms with Gasteiger partial charge in [0.1, 0.15) is 0 Å². The van der Waals surface area contributed by atoms with Crippen LogP contribution in [0.1, 0.15) is 76.0 Å². The number of benzene rings is 1. The Morgan fingerprint density at radius 2 is 1.65 bits per heavy atom. The van der Waals surface area contributed by atoms with E-state index in [1.807, 2.05) is 0 Å². The Kier molecular flexibility index (Phi) is 6.59. The van der Waals surface area contributed by atoms with E-state index in [4.69, 9.17) is 0 Å². The van der Waals surface area contributed by atoms with Gasteiger partial charge in [-0.2, -0.15) is 0 Å². The fraction of sp³-hybridized carbons (Fsp3) is 0.684. The highest BCUT2D eigenvalue weighted by Gasteiger charge is 2.18. The molecular formula is C19H31N.